The lowest BCUT2D eigenvalue weighted by Crippen LogP contribution is -2.21. The van der Waals surface area contributed by atoms with Crippen LogP contribution in [0.25, 0.3) is 0 Å². The van der Waals surface area contributed by atoms with Crippen molar-refractivity contribution >= 4 is 11.6 Å². The molecule has 0 fully saturated rings. The van der Waals surface area contributed by atoms with Gasteiger partial charge in [0.25, 0.3) is 5.91 Å². The number of amides is 1. The maximum absolute atomic E-state index is 11.7. The van der Waals surface area contributed by atoms with Crippen molar-refractivity contribution in [1.29, 1.82) is 0 Å². The van der Waals surface area contributed by atoms with Crippen LogP contribution in [0.15, 0.2) is 18.2 Å². The molecule has 0 spiro atoms. The molecule has 0 saturated heterocycles. The van der Waals surface area contributed by atoms with Gasteiger partial charge in [0.15, 0.2) is 0 Å². The first-order valence-electron chi connectivity index (χ1n) is 5.12. The second-order valence-electron chi connectivity index (χ2n) is 3.76. The van der Waals surface area contributed by atoms with Crippen LogP contribution in [0.2, 0.25) is 0 Å². The van der Waals surface area contributed by atoms with E-state index in [4.69, 9.17) is 0 Å². The highest BCUT2D eigenvalue weighted by molar-refractivity contribution is 5.95. The van der Waals surface area contributed by atoms with Crippen molar-refractivity contribution in [2.45, 2.75) is 13.8 Å². The molecule has 0 radical (unpaired) electrons. The van der Waals surface area contributed by atoms with Crippen molar-refractivity contribution in [3.05, 3.63) is 29.3 Å². The van der Waals surface area contributed by atoms with Crippen LogP contribution in [-0.2, 0) is 0 Å². The minimum atomic E-state index is 0.0363. The van der Waals surface area contributed by atoms with Crippen molar-refractivity contribution in [3.8, 4) is 0 Å². The van der Waals surface area contributed by atoms with Gasteiger partial charge in [-0.1, -0.05) is 6.07 Å². The van der Waals surface area contributed by atoms with Crippen LogP contribution >= 0.6 is 0 Å². The van der Waals surface area contributed by atoms with Crippen molar-refractivity contribution in [2.75, 3.05) is 26.0 Å². The molecule has 0 unspecified atom stereocenters. The van der Waals surface area contributed by atoms with E-state index < -0.39 is 0 Å². The molecule has 3 nitrogen and oxygen atoms in total. The fraction of sp³-hybridized carbons (Fsp3) is 0.417. The van der Waals surface area contributed by atoms with Gasteiger partial charge in [-0.25, -0.2) is 0 Å². The Balaban J connectivity index is 3.01. The second-order valence-corrected chi connectivity index (χ2v) is 3.76. The van der Waals surface area contributed by atoms with E-state index in [-0.39, 0.29) is 5.91 Å². The average Bonchev–Trinajstić information content (AvgIpc) is 2.20. The van der Waals surface area contributed by atoms with Gasteiger partial charge in [0.1, 0.15) is 0 Å². The Morgan fingerprint density at radius 3 is 2.60 bits per heavy atom. The Morgan fingerprint density at radius 1 is 1.40 bits per heavy atom. The first kappa shape index (κ1) is 11.6. The normalized spacial score (nSPS) is 9.87. The SMILES string of the molecule is CCNc1cc(C(=O)N(C)C)ccc1C. The fourth-order valence-electron chi connectivity index (χ4n) is 1.39. The van der Waals surface area contributed by atoms with E-state index in [1.54, 1.807) is 19.0 Å². The Morgan fingerprint density at radius 2 is 2.07 bits per heavy atom. The standard InChI is InChI=1S/C12H18N2O/c1-5-13-11-8-10(7-6-9(11)2)12(15)14(3)4/h6-8,13H,5H2,1-4H3. The maximum Gasteiger partial charge on any atom is 0.253 e. The van der Waals surface area contributed by atoms with Crippen molar-refractivity contribution in [3.63, 3.8) is 0 Å². The highest BCUT2D eigenvalue weighted by Gasteiger charge is 2.09. The van der Waals surface area contributed by atoms with Gasteiger partial charge in [-0.05, 0) is 31.5 Å². The predicted molar refractivity (Wildman–Crippen MR) is 63.4 cm³/mol. The molecule has 82 valence electrons. The molecule has 0 bridgehead atoms. The van der Waals surface area contributed by atoms with Gasteiger partial charge >= 0.3 is 0 Å². The molecule has 1 aromatic carbocycles. The lowest BCUT2D eigenvalue weighted by molar-refractivity contribution is 0.0827. The van der Waals surface area contributed by atoms with Gasteiger partial charge in [-0.3, -0.25) is 4.79 Å². The van der Waals surface area contributed by atoms with Gasteiger partial charge in [0, 0.05) is 31.9 Å². The van der Waals surface area contributed by atoms with Gasteiger partial charge in [-0.2, -0.15) is 0 Å². The summed E-state index contributed by atoms with van der Waals surface area (Å²) in [5, 5.41) is 3.24. The van der Waals surface area contributed by atoms with Crippen LogP contribution < -0.4 is 5.32 Å². The third kappa shape index (κ3) is 2.72. The summed E-state index contributed by atoms with van der Waals surface area (Å²) in [6, 6.07) is 5.73. The lowest BCUT2D eigenvalue weighted by Gasteiger charge is -2.13. The summed E-state index contributed by atoms with van der Waals surface area (Å²) in [5.41, 5.74) is 2.92. The minimum Gasteiger partial charge on any atom is -0.385 e. The molecule has 1 aromatic rings. The molecule has 3 heteroatoms. The first-order chi connectivity index (χ1) is 7.06. The van der Waals surface area contributed by atoms with Crippen molar-refractivity contribution in [2.24, 2.45) is 0 Å². The number of hydrogen-bond acceptors (Lipinski definition) is 2. The number of anilines is 1. The van der Waals surface area contributed by atoms with Gasteiger partial charge in [-0.15, -0.1) is 0 Å². The maximum atomic E-state index is 11.7. The molecule has 1 N–H and O–H groups in total. The molecule has 0 heterocycles. The molecule has 0 aromatic heterocycles. The number of nitrogens with one attached hydrogen (secondary N) is 1. The largest absolute Gasteiger partial charge is 0.385 e. The fourth-order valence-corrected chi connectivity index (χ4v) is 1.39. The molecule has 0 aliphatic rings. The summed E-state index contributed by atoms with van der Waals surface area (Å²) in [6.45, 7) is 4.93. The molecule has 15 heavy (non-hydrogen) atoms. The average molecular weight is 206 g/mol. The summed E-state index contributed by atoms with van der Waals surface area (Å²) in [6.07, 6.45) is 0. The summed E-state index contributed by atoms with van der Waals surface area (Å²) in [4.78, 5) is 13.3. The molecule has 0 atom stereocenters. The summed E-state index contributed by atoms with van der Waals surface area (Å²) in [7, 11) is 3.52. The van der Waals surface area contributed by atoms with Crippen molar-refractivity contribution in [1.82, 2.24) is 4.90 Å². The Kier molecular flexibility index (Phi) is 3.72. The highest BCUT2D eigenvalue weighted by atomic mass is 16.2. The Bertz CT molecular complexity index is 359. The van der Waals surface area contributed by atoms with E-state index >= 15 is 0 Å². The number of rotatable bonds is 3. The minimum absolute atomic E-state index is 0.0363. The number of nitrogens with zero attached hydrogens (tertiary/aromatic N) is 1. The lowest BCUT2D eigenvalue weighted by atomic mass is 10.1. The van der Waals surface area contributed by atoms with Crippen molar-refractivity contribution < 1.29 is 4.79 Å². The van der Waals surface area contributed by atoms with Crippen LogP contribution in [0.1, 0.15) is 22.8 Å². The highest BCUT2D eigenvalue weighted by Crippen LogP contribution is 2.17. The van der Waals surface area contributed by atoms with E-state index in [0.717, 1.165) is 23.4 Å². The monoisotopic (exact) mass is 206 g/mol. The van der Waals surface area contributed by atoms with Crippen LogP contribution in [0.5, 0.6) is 0 Å². The number of hydrogen-bond donors (Lipinski definition) is 1. The van der Waals surface area contributed by atoms with Crippen LogP contribution in [0.4, 0.5) is 5.69 Å². The topological polar surface area (TPSA) is 32.3 Å². The van der Waals surface area contributed by atoms with Gasteiger partial charge in [0.2, 0.25) is 0 Å². The van der Waals surface area contributed by atoms with E-state index in [9.17, 15) is 4.79 Å². The Hall–Kier alpha value is -1.51. The zero-order valence-corrected chi connectivity index (χ0v) is 9.79. The quantitative estimate of drug-likeness (QED) is 0.821. The number of carbonyl (C=O) groups is 1. The molecule has 0 aliphatic carbocycles. The first-order valence-corrected chi connectivity index (χ1v) is 5.12. The van der Waals surface area contributed by atoms with E-state index in [0.29, 0.717) is 0 Å². The van der Waals surface area contributed by atoms with Gasteiger partial charge in [0.05, 0.1) is 0 Å². The second kappa shape index (κ2) is 4.82. The third-order valence-corrected chi connectivity index (χ3v) is 2.26. The Labute approximate surface area is 91.1 Å². The van der Waals surface area contributed by atoms with Crippen LogP contribution in [-0.4, -0.2) is 31.4 Å². The molecule has 1 amide bonds. The predicted octanol–water partition coefficient (Wildman–Crippen LogP) is 2.13. The number of aryl methyl sites for hydroxylation is 1. The van der Waals surface area contributed by atoms with E-state index in [2.05, 4.69) is 5.32 Å². The molecule has 0 aliphatic heterocycles. The van der Waals surface area contributed by atoms with Gasteiger partial charge < -0.3 is 10.2 Å². The molecule has 0 saturated carbocycles. The zero-order chi connectivity index (χ0) is 11.4. The molecular formula is C12H18N2O. The smallest absolute Gasteiger partial charge is 0.253 e. The zero-order valence-electron chi connectivity index (χ0n) is 9.79. The molecule has 1 rings (SSSR count). The van der Waals surface area contributed by atoms with E-state index in [1.165, 1.54) is 0 Å². The third-order valence-electron chi connectivity index (χ3n) is 2.26. The number of carbonyl (C=O) groups excluding carboxylic acids is 1. The van der Waals surface area contributed by atoms with E-state index in [1.807, 2.05) is 32.0 Å². The van der Waals surface area contributed by atoms with Crippen LogP contribution in [0.3, 0.4) is 0 Å². The number of benzene rings is 1. The van der Waals surface area contributed by atoms with Crippen LogP contribution in [0, 0.1) is 6.92 Å². The summed E-state index contributed by atoms with van der Waals surface area (Å²) in [5.74, 6) is 0.0363. The molecular weight excluding hydrogens is 188 g/mol. The summed E-state index contributed by atoms with van der Waals surface area (Å²) < 4.78 is 0. The summed E-state index contributed by atoms with van der Waals surface area (Å²) >= 11 is 0.